The monoisotopic (exact) mass is 241 g/mol. The number of methoxy groups -OCH3 is 1. The Morgan fingerprint density at radius 1 is 1.38 bits per heavy atom. The van der Waals surface area contributed by atoms with Gasteiger partial charge in [-0.15, -0.1) is 0 Å². The molecule has 0 aliphatic carbocycles. The van der Waals surface area contributed by atoms with Gasteiger partial charge in [-0.05, 0) is 31.2 Å². The number of hydrogen-bond donors (Lipinski definition) is 0. The Balaban J connectivity index is 3.10. The summed E-state index contributed by atoms with van der Waals surface area (Å²) < 4.78 is 29.6. The minimum atomic E-state index is -3.43. The average Bonchev–Trinajstić information content (AvgIpc) is 2.30. The molecule has 0 aromatic heterocycles. The van der Waals surface area contributed by atoms with E-state index >= 15 is 0 Å². The topological polar surface area (TPSA) is 46.6 Å². The number of anilines is 1. The molecule has 0 radical (unpaired) electrons. The van der Waals surface area contributed by atoms with Crippen LogP contribution >= 0.6 is 0 Å². The summed E-state index contributed by atoms with van der Waals surface area (Å²) in [7, 11) is -1.86. The van der Waals surface area contributed by atoms with Crippen molar-refractivity contribution in [2.45, 2.75) is 6.92 Å². The van der Waals surface area contributed by atoms with Gasteiger partial charge in [0.1, 0.15) is 5.75 Å². The molecule has 0 atom stereocenters. The summed E-state index contributed by atoms with van der Waals surface area (Å²) >= 11 is 0. The lowest BCUT2D eigenvalue weighted by Gasteiger charge is -2.20. The Kier molecular flexibility index (Phi) is 3.95. The summed E-state index contributed by atoms with van der Waals surface area (Å²) in [5.41, 5.74) is 0.600. The van der Waals surface area contributed by atoms with Gasteiger partial charge in [-0.2, -0.15) is 0 Å². The van der Waals surface area contributed by atoms with Crippen molar-refractivity contribution in [2.75, 3.05) is 18.0 Å². The van der Waals surface area contributed by atoms with Crippen molar-refractivity contribution < 1.29 is 13.2 Å². The zero-order valence-electron chi connectivity index (χ0n) is 9.38. The lowest BCUT2D eigenvalue weighted by atomic mass is 10.3. The number of hydrogen-bond acceptors (Lipinski definition) is 3. The van der Waals surface area contributed by atoms with Crippen LogP contribution in [0.15, 0.2) is 36.3 Å². The zero-order valence-corrected chi connectivity index (χ0v) is 10.2. The van der Waals surface area contributed by atoms with Crippen molar-refractivity contribution in [3.05, 3.63) is 36.3 Å². The van der Waals surface area contributed by atoms with E-state index in [9.17, 15) is 8.42 Å². The van der Waals surface area contributed by atoms with Gasteiger partial charge in [-0.25, -0.2) is 8.42 Å². The molecule has 0 saturated carbocycles. The van der Waals surface area contributed by atoms with Crippen LogP contribution in [0, 0.1) is 0 Å². The Morgan fingerprint density at radius 2 is 1.94 bits per heavy atom. The van der Waals surface area contributed by atoms with E-state index in [2.05, 4.69) is 6.58 Å². The molecule has 0 amide bonds. The summed E-state index contributed by atoms with van der Waals surface area (Å²) in [5, 5.41) is 0.945. The smallest absolute Gasteiger partial charge is 0.256 e. The fourth-order valence-electron chi connectivity index (χ4n) is 1.35. The lowest BCUT2D eigenvalue weighted by molar-refractivity contribution is 0.415. The number of rotatable bonds is 5. The number of ether oxygens (including phenoxy) is 1. The van der Waals surface area contributed by atoms with Crippen molar-refractivity contribution in [1.29, 1.82) is 0 Å². The van der Waals surface area contributed by atoms with Gasteiger partial charge in [-0.1, -0.05) is 6.58 Å². The average molecular weight is 241 g/mol. The molecule has 0 spiro atoms. The van der Waals surface area contributed by atoms with Crippen LogP contribution in [0.5, 0.6) is 5.75 Å². The Hall–Kier alpha value is -1.49. The Labute approximate surface area is 96.2 Å². The second kappa shape index (κ2) is 5.03. The van der Waals surface area contributed by atoms with Gasteiger partial charge in [0.25, 0.3) is 10.0 Å². The fourth-order valence-corrected chi connectivity index (χ4v) is 2.30. The van der Waals surface area contributed by atoms with Crippen LogP contribution in [0.1, 0.15) is 6.92 Å². The first-order chi connectivity index (χ1) is 7.55. The summed E-state index contributed by atoms with van der Waals surface area (Å²) in [6.07, 6.45) is 0. The fraction of sp³-hybridized carbons (Fsp3) is 0.273. The minimum absolute atomic E-state index is 0.362. The second-order valence-corrected chi connectivity index (χ2v) is 4.88. The third kappa shape index (κ3) is 2.55. The van der Waals surface area contributed by atoms with Crippen LogP contribution < -0.4 is 9.04 Å². The molecule has 16 heavy (non-hydrogen) atoms. The molecule has 0 unspecified atom stereocenters. The van der Waals surface area contributed by atoms with Crippen molar-refractivity contribution in [1.82, 2.24) is 0 Å². The first kappa shape index (κ1) is 12.6. The van der Waals surface area contributed by atoms with Crippen LogP contribution in [0.3, 0.4) is 0 Å². The van der Waals surface area contributed by atoms with Crippen LogP contribution in [-0.2, 0) is 10.0 Å². The molecule has 1 aromatic carbocycles. The van der Waals surface area contributed by atoms with E-state index in [0.29, 0.717) is 18.0 Å². The molecule has 0 aliphatic rings. The van der Waals surface area contributed by atoms with Crippen molar-refractivity contribution in [3.8, 4) is 5.75 Å². The van der Waals surface area contributed by atoms with Crippen molar-refractivity contribution in [3.63, 3.8) is 0 Å². The summed E-state index contributed by atoms with van der Waals surface area (Å²) in [4.78, 5) is 0. The third-order valence-corrected chi connectivity index (χ3v) is 3.67. The maximum atomic E-state index is 11.7. The first-order valence-corrected chi connectivity index (χ1v) is 6.34. The molecule has 0 saturated heterocycles. The number of benzene rings is 1. The normalized spacial score (nSPS) is 10.9. The zero-order chi connectivity index (χ0) is 12.2. The highest BCUT2D eigenvalue weighted by molar-refractivity contribution is 7.95. The molecule has 0 N–H and O–H groups in total. The molecule has 88 valence electrons. The molecule has 0 fully saturated rings. The maximum absolute atomic E-state index is 11.7. The van der Waals surface area contributed by atoms with Crippen molar-refractivity contribution in [2.24, 2.45) is 0 Å². The van der Waals surface area contributed by atoms with E-state index in [1.54, 1.807) is 38.3 Å². The van der Waals surface area contributed by atoms with E-state index in [4.69, 9.17) is 4.74 Å². The highest BCUT2D eigenvalue weighted by atomic mass is 32.2. The first-order valence-electron chi connectivity index (χ1n) is 4.84. The van der Waals surface area contributed by atoms with Crippen LogP contribution in [0.2, 0.25) is 0 Å². The highest BCUT2D eigenvalue weighted by Gasteiger charge is 2.16. The molecule has 0 aliphatic heterocycles. The predicted octanol–water partition coefficient (Wildman–Crippen LogP) is 1.99. The molecule has 4 nitrogen and oxygen atoms in total. The molecule has 0 bridgehead atoms. The molecular weight excluding hydrogens is 226 g/mol. The molecule has 5 heteroatoms. The SMILES string of the molecule is C=CS(=O)(=O)N(CC)c1ccc(OC)cc1. The largest absolute Gasteiger partial charge is 0.497 e. The number of sulfonamides is 1. The summed E-state index contributed by atoms with van der Waals surface area (Å²) in [6, 6.07) is 6.83. The Bertz CT molecular complexity index is 451. The Morgan fingerprint density at radius 3 is 2.31 bits per heavy atom. The molecule has 0 heterocycles. The summed E-state index contributed by atoms with van der Waals surface area (Å²) in [5.74, 6) is 0.691. The van der Waals surface area contributed by atoms with E-state index < -0.39 is 10.0 Å². The van der Waals surface area contributed by atoms with Crippen molar-refractivity contribution >= 4 is 15.7 Å². The molecular formula is C11H15NO3S. The predicted molar refractivity (Wildman–Crippen MR) is 65.1 cm³/mol. The number of nitrogens with zero attached hydrogens (tertiary/aromatic N) is 1. The van der Waals surface area contributed by atoms with E-state index in [0.717, 1.165) is 5.41 Å². The third-order valence-electron chi connectivity index (χ3n) is 2.17. The molecule has 1 aromatic rings. The standard InChI is InChI=1S/C11H15NO3S/c1-4-12(16(13,14)5-2)10-6-8-11(15-3)9-7-10/h5-9H,2,4H2,1,3H3. The molecule has 1 rings (SSSR count). The maximum Gasteiger partial charge on any atom is 0.256 e. The van der Waals surface area contributed by atoms with Crippen LogP contribution in [-0.4, -0.2) is 22.1 Å². The van der Waals surface area contributed by atoms with Crippen LogP contribution in [0.4, 0.5) is 5.69 Å². The van der Waals surface area contributed by atoms with Gasteiger partial charge in [0.15, 0.2) is 0 Å². The van der Waals surface area contributed by atoms with Crippen LogP contribution in [0.25, 0.3) is 0 Å². The quantitative estimate of drug-likeness (QED) is 0.792. The second-order valence-electron chi connectivity index (χ2n) is 3.07. The van der Waals surface area contributed by atoms with Gasteiger partial charge in [0.05, 0.1) is 12.8 Å². The minimum Gasteiger partial charge on any atom is -0.497 e. The van der Waals surface area contributed by atoms with Gasteiger partial charge in [-0.3, -0.25) is 4.31 Å². The van der Waals surface area contributed by atoms with Gasteiger partial charge < -0.3 is 4.74 Å². The van der Waals surface area contributed by atoms with Gasteiger partial charge in [0, 0.05) is 12.0 Å². The lowest BCUT2D eigenvalue weighted by Crippen LogP contribution is -2.28. The highest BCUT2D eigenvalue weighted by Crippen LogP contribution is 2.21. The van der Waals surface area contributed by atoms with E-state index in [-0.39, 0.29) is 0 Å². The van der Waals surface area contributed by atoms with Gasteiger partial charge >= 0.3 is 0 Å². The van der Waals surface area contributed by atoms with Gasteiger partial charge in [0.2, 0.25) is 0 Å². The summed E-state index contributed by atoms with van der Waals surface area (Å²) in [6.45, 7) is 5.44. The van der Waals surface area contributed by atoms with E-state index in [1.165, 1.54) is 4.31 Å². The van der Waals surface area contributed by atoms with E-state index in [1.807, 2.05) is 0 Å².